The molecule has 1 N–H and O–H groups in total. The molecule has 4 heteroatoms. The van der Waals surface area contributed by atoms with Crippen molar-refractivity contribution in [2.45, 2.75) is 31.6 Å². The number of benzene rings is 2. The van der Waals surface area contributed by atoms with Gasteiger partial charge in [0.05, 0.1) is 6.20 Å². The highest BCUT2D eigenvalue weighted by Gasteiger charge is 2.26. The lowest BCUT2D eigenvalue weighted by Gasteiger charge is -2.34. The van der Waals surface area contributed by atoms with E-state index in [4.69, 9.17) is 0 Å². The van der Waals surface area contributed by atoms with E-state index in [0.29, 0.717) is 11.8 Å². The Morgan fingerprint density at radius 1 is 1.19 bits per heavy atom. The van der Waals surface area contributed by atoms with Crippen molar-refractivity contribution < 1.29 is 4.39 Å². The lowest BCUT2D eigenvalue weighted by Crippen LogP contribution is -2.37. The predicted octanol–water partition coefficient (Wildman–Crippen LogP) is 5.20. The summed E-state index contributed by atoms with van der Waals surface area (Å²) in [5.74, 6) is 0.707. The molecule has 27 heavy (non-hydrogen) atoms. The summed E-state index contributed by atoms with van der Waals surface area (Å²) in [6, 6.07) is 17.5. The zero-order valence-corrected chi connectivity index (χ0v) is 15.7. The number of likely N-dealkylation sites (tertiary alicyclic amines) is 1. The van der Waals surface area contributed by atoms with E-state index >= 15 is 0 Å². The van der Waals surface area contributed by atoms with Gasteiger partial charge >= 0.3 is 0 Å². The molecule has 0 unspecified atom stereocenters. The average molecular weight is 363 g/mol. The van der Waals surface area contributed by atoms with Crippen LogP contribution < -0.4 is 0 Å². The Labute approximate surface area is 160 Å². The van der Waals surface area contributed by atoms with Crippen molar-refractivity contribution in [3.05, 3.63) is 77.9 Å². The number of piperidine rings is 1. The molecule has 0 spiro atoms. The third-order valence-corrected chi connectivity index (χ3v) is 5.62. The van der Waals surface area contributed by atoms with Crippen LogP contribution in [0, 0.1) is 5.82 Å². The number of nitrogens with one attached hydrogen (secondary N) is 1. The van der Waals surface area contributed by atoms with Crippen molar-refractivity contribution in [1.29, 1.82) is 0 Å². The van der Waals surface area contributed by atoms with Crippen LogP contribution in [-0.4, -0.2) is 34.7 Å². The van der Waals surface area contributed by atoms with Crippen LogP contribution in [0.15, 0.2) is 60.8 Å². The van der Waals surface area contributed by atoms with Gasteiger partial charge in [-0.1, -0.05) is 49.4 Å². The Morgan fingerprint density at radius 2 is 2.04 bits per heavy atom. The van der Waals surface area contributed by atoms with Gasteiger partial charge in [0.2, 0.25) is 0 Å². The first-order chi connectivity index (χ1) is 13.2. The summed E-state index contributed by atoms with van der Waals surface area (Å²) >= 11 is 0. The van der Waals surface area contributed by atoms with Gasteiger partial charge < -0.3 is 4.90 Å². The number of halogens is 1. The molecule has 0 bridgehead atoms. The van der Waals surface area contributed by atoms with Gasteiger partial charge in [-0.3, -0.25) is 5.10 Å². The van der Waals surface area contributed by atoms with Crippen molar-refractivity contribution in [1.82, 2.24) is 15.1 Å². The molecule has 1 saturated heterocycles. The normalized spacial score (nSPS) is 19.1. The maximum absolute atomic E-state index is 13.7. The van der Waals surface area contributed by atoms with E-state index in [1.807, 2.05) is 12.3 Å². The number of aromatic nitrogens is 2. The molecule has 1 aromatic heterocycles. The molecule has 3 aromatic rings. The van der Waals surface area contributed by atoms with Gasteiger partial charge in [0.15, 0.2) is 0 Å². The van der Waals surface area contributed by atoms with Crippen LogP contribution in [0.2, 0.25) is 0 Å². The van der Waals surface area contributed by atoms with Gasteiger partial charge in [-0.05, 0) is 48.6 Å². The monoisotopic (exact) mass is 363 g/mol. The number of H-pyrrole nitrogens is 1. The second-order valence-corrected chi connectivity index (χ2v) is 7.62. The van der Waals surface area contributed by atoms with E-state index in [-0.39, 0.29) is 5.82 Å². The molecule has 3 nitrogen and oxygen atoms in total. The number of nitrogens with zero attached hydrogens (tertiary/aromatic N) is 2. The summed E-state index contributed by atoms with van der Waals surface area (Å²) in [5.41, 5.74) is 4.45. The van der Waals surface area contributed by atoms with Crippen LogP contribution in [0.1, 0.15) is 42.9 Å². The Balaban J connectivity index is 1.49. The minimum Gasteiger partial charge on any atom is -0.302 e. The van der Waals surface area contributed by atoms with Crippen LogP contribution in [-0.2, 0) is 0 Å². The molecule has 1 aliphatic rings. The highest BCUT2D eigenvalue weighted by Crippen LogP contribution is 2.33. The molecule has 0 radical (unpaired) electrons. The molecule has 1 fully saturated rings. The molecular formula is C23H26FN3. The van der Waals surface area contributed by atoms with Crippen LogP contribution in [0.5, 0.6) is 0 Å². The van der Waals surface area contributed by atoms with Crippen LogP contribution in [0.4, 0.5) is 4.39 Å². The topological polar surface area (TPSA) is 31.9 Å². The molecule has 1 aliphatic heterocycles. The van der Waals surface area contributed by atoms with Gasteiger partial charge in [0.1, 0.15) is 5.82 Å². The van der Waals surface area contributed by atoms with Crippen LogP contribution in [0.25, 0.3) is 11.1 Å². The lowest BCUT2D eigenvalue weighted by atomic mass is 9.89. The summed E-state index contributed by atoms with van der Waals surface area (Å²) in [5, 5.41) is 7.47. The lowest BCUT2D eigenvalue weighted by molar-refractivity contribution is 0.197. The van der Waals surface area contributed by atoms with E-state index < -0.39 is 0 Å². The largest absolute Gasteiger partial charge is 0.302 e. The van der Waals surface area contributed by atoms with Crippen molar-refractivity contribution >= 4 is 0 Å². The minimum absolute atomic E-state index is 0.207. The van der Waals surface area contributed by atoms with Crippen molar-refractivity contribution in [3.63, 3.8) is 0 Å². The number of rotatable bonds is 5. The molecular weight excluding hydrogens is 337 g/mol. The fourth-order valence-electron chi connectivity index (χ4n) is 4.22. The Bertz CT molecular complexity index is 874. The number of hydrogen-bond donors (Lipinski definition) is 1. The first-order valence-corrected chi connectivity index (χ1v) is 9.77. The maximum Gasteiger partial charge on any atom is 0.123 e. The molecule has 140 valence electrons. The van der Waals surface area contributed by atoms with E-state index in [9.17, 15) is 4.39 Å². The van der Waals surface area contributed by atoms with E-state index in [1.165, 1.54) is 18.1 Å². The Kier molecular flexibility index (Phi) is 5.35. The zero-order chi connectivity index (χ0) is 18.6. The molecule has 2 atom stereocenters. The predicted molar refractivity (Wildman–Crippen MR) is 107 cm³/mol. The number of hydrogen-bond acceptors (Lipinski definition) is 2. The van der Waals surface area contributed by atoms with E-state index in [0.717, 1.165) is 42.9 Å². The summed E-state index contributed by atoms with van der Waals surface area (Å²) in [7, 11) is 0. The van der Waals surface area contributed by atoms with Gasteiger partial charge in [-0.25, -0.2) is 4.39 Å². The SMILES string of the molecule is C[C@@H](CN1CCC[C@H](c2[nH]ncc2-c2cccc(F)c2)C1)c1ccccc1. The highest BCUT2D eigenvalue weighted by molar-refractivity contribution is 5.65. The summed E-state index contributed by atoms with van der Waals surface area (Å²) in [4.78, 5) is 2.56. The Morgan fingerprint density at radius 3 is 2.85 bits per heavy atom. The molecule has 2 heterocycles. The quantitative estimate of drug-likeness (QED) is 0.676. The molecule has 4 rings (SSSR count). The molecule has 0 amide bonds. The maximum atomic E-state index is 13.7. The third kappa shape index (κ3) is 4.11. The Hall–Kier alpha value is -2.46. The van der Waals surface area contributed by atoms with Crippen LogP contribution in [0.3, 0.4) is 0 Å². The molecule has 2 aromatic carbocycles. The van der Waals surface area contributed by atoms with Gasteiger partial charge in [-0.15, -0.1) is 0 Å². The second kappa shape index (κ2) is 8.05. The molecule has 0 saturated carbocycles. The van der Waals surface area contributed by atoms with Gasteiger partial charge in [0.25, 0.3) is 0 Å². The first-order valence-electron chi connectivity index (χ1n) is 9.77. The van der Waals surface area contributed by atoms with Crippen LogP contribution >= 0.6 is 0 Å². The van der Waals surface area contributed by atoms with E-state index in [1.54, 1.807) is 12.1 Å². The summed E-state index contributed by atoms with van der Waals surface area (Å²) < 4.78 is 13.7. The first kappa shape index (κ1) is 17.9. The highest BCUT2D eigenvalue weighted by atomic mass is 19.1. The van der Waals surface area contributed by atoms with E-state index in [2.05, 4.69) is 52.4 Å². The fraction of sp³-hybridized carbons (Fsp3) is 0.348. The van der Waals surface area contributed by atoms with Gasteiger partial charge in [0, 0.05) is 30.3 Å². The number of aromatic amines is 1. The second-order valence-electron chi connectivity index (χ2n) is 7.62. The zero-order valence-electron chi connectivity index (χ0n) is 15.7. The fourth-order valence-corrected chi connectivity index (χ4v) is 4.22. The van der Waals surface area contributed by atoms with Crippen molar-refractivity contribution in [3.8, 4) is 11.1 Å². The summed E-state index contributed by atoms with van der Waals surface area (Å²) in [6.45, 7) is 5.51. The summed E-state index contributed by atoms with van der Waals surface area (Å²) in [6.07, 6.45) is 4.14. The smallest absolute Gasteiger partial charge is 0.123 e. The van der Waals surface area contributed by atoms with Gasteiger partial charge in [-0.2, -0.15) is 5.10 Å². The minimum atomic E-state index is -0.207. The standard InChI is InChI=1S/C23H26FN3/c1-17(18-7-3-2-4-8-18)15-27-12-6-10-20(16-27)23-22(14-25-26-23)19-9-5-11-21(24)13-19/h2-5,7-9,11,13-14,17,20H,6,10,12,15-16H2,1H3,(H,25,26)/t17-,20-/m0/s1. The van der Waals surface area contributed by atoms with Crippen molar-refractivity contribution in [2.75, 3.05) is 19.6 Å². The van der Waals surface area contributed by atoms with Crippen molar-refractivity contribution in [2.24, 2.45) is 0 Å². The average Bonchev–Trinajstić information content (AvgIpc) is 3.19. The third-order valence-electron chi connectivity index (χ3n) is 5.62. The molecule has 0 aliphatic carbocycles.